The quantitative estimate of drug-likeness (QED) is 0.661. The third-order valence-electron chi connectivity index (χ3n) is 3.54. The van der Waals surface area contributed by atoms with Crippen LogP contribution in [0.4, 0.5) is 0 Å². The lowest BCUT2D eigenvalue weighted by Gasteiger charge is -2.17. The number of rotatable bonds is 1. The summed E-state index contributed by atoms with van der Waals surface area (Å²) < 4.78 is 0. The van der Waals surface area contributed by atoms with E-state index in [1.165, 1.54) is 0 Å². The standard InChI is InChI=1S/C20H16O/c1-20(21,14-13-16-7-3-2-4-8-16)19-12-11-17-9-5-6-10-18(17)15-19/h2-12,15,21H,1H3/t20-/m1/s1. The van der Waals surface area contributed by atoms with Crippen molar-refractivity contribution in [2.45, 2.75) is 12.5 Å². The highest BCUT2D eigenvalue weighted by atomic mass is 16.3. The van der Waals surface area contributed by atoms with Crippen LogP contribution >= 0.6 is 0 Å². The minimum Gasteiger partial charge on any atom is -0.374 e. The summed E-state index contributed by atoms with van der Waals surface area (Å²) in [7, 11) is 0. The predicted octanol–water partition coefficient (Wildman–Crippen LogP) is 4.10. The molecule has 3 rings (SSSR count). The smallest absolute Gasteiger partial charge is 0.148 e. The highest BCUT2D eigenvalue weighted by molar-refractivity contribution is 5.83. The second-order valence-electron chi connectivity index (χ2n) is 5.25. The molecule has 0 bridgehead atoms. The van der Waals surface area contributed by atoms with Crippen molar-refractivity contribution in [1.29, 1.82) is 0 Å². The molecule has 1 atom stereocenters. The molecule has 0 aliphatic rings. The van der Waals surface area contributed by atoms with Crippen LogP contribution in [0.2, 0.25) is 0 Å². The summed E-state index contributed by atoms with van der Waals surface area (Å²) in [5.41, 5.74) is 0.544. The molecular formula is C20H16O. The van der Waals surface area contributed by atoms with Gasteiger partial charge in [-0.3, -0.25) is 0 Å². The van der Waals surface area contributed by atoms with Crippen LogP contribution in [-0.4, -0.2) is 5.11 Å². The minimum absolute atomic E-state index is 0.810. The Morgan fingerprint density at radius 3 is 2.24 bits per heavy atom. The van der Waals surface area contributed by atoms with Gasteiger partial charge in [-0.25, -0.2) is 0 Å². The zero-order chi connectivity index (χ0) is 14.7. The van der Waals surface area contributed by atoms with Gasteiger partial charge in [0.15, 0.2) is 0 Å². The highest BCUT2D eigenvalue weighted by Crippen LogP contribution is 2.24. The Balaban J connectivity index is 1.98. The van der Waals surface area contributed by atoms with Crippen molar-refractivity contribution >= 4 is 10.8 Å². The summed E-state index contributed by atoms with van der Waals surface area (Å²) in [4.78, 5) is 0. The summed E-state index contributed by atoms with van der Waals surface area (Å²) in [6, 6.07) is 23.7. The van der Waals surface area contributed by atoms with E-state index in [-0.39, 0.29) is 0 Å². The third kappa shape index (κ3) is 2.97. The number of fused-ring (bicyclic) bond motifs is 1. The van der Waals surface area contributed by atoms with E-state index in [0.29, 0.717) is 0 Å². The molecule has 3 aromatic rings. The fraction of sp³-hybridized carbons (Fsp3) is 0.100. The maximum absolute atomic E-state index is 10.6. The maximum atomic E-state index is 10.6. The van der Waals surface area contributed by atoms with Gasteiger partial charge in [0.25, 0.3) is 0 Å². The Morgan fingerprint density at radius 2 is 1.48 bits per heavy atom. The van der Waals surface area contributed by atoms with Gasteiger partial charge in [0.1, 0.15) is 5.60 Å². The normalized spacial score (nSPS) is 13.2. The molecule has 102 valence electrons. The summed E-state index contributed by atoms with van der Waals surface area (Å²) in [6.07, 6.45) is 0. The molecule has 0 aliphatic heterocycles. The van der Waals surface area contributed by atoms with E-state index in [0.717, 1.165) is 21.9 Å². The zero-order valence-electron chi connectivity index (χ0n) is 11.9. The van der Waals surface area contributed by atoms with Crippen LogP contribution < -0.4 is 0 Å². The largest absolute Gasteiger partial charge is 0.374 e. The number of aliphatic hydroxyl groups is 1. The van der Waals surface area contributed by atoms with Gasteiger partial charge in [-0.05, 0) is 41.5 Å². The van der Waals surface area contributed by atoms with Crippen molar-refractivity contribution in [3.8, 4) is 11.8 Å². The van der Waals surface area contributed by atoms with Crippen molar-refractivity contribution in [3.63, 3.8) is 0 Å². The second kappa shape index (κ2) is 5.44. The van der Waals surface area contributed by atoms with Crippen molar-refractivity contribution in [2.75, 3.05) is 0 Å². The molecule has 0 saturated heterocycles. The SMILES string of the molecule is C[C@@](O)(C#Cc1ccccc1)c1ccc2ccccc2c1. The van der Waals surface area contributed by atoms with E-state index in [9.17, 15) is 5.11 Å². The highest BCUT2D eigenvalue weighted by Gasteiger charge is 2.20. The number of benzene rings is 3. The molecular weight excluding hydrogens is 256 g/mol. The second-order valence-corrected chi connectivity index (χ2v) is 5.25. The number of hydrogen-bond acceptors (Lipinski definition) is 1. The first-order valence-corrected chi connectivity index (χ1v) is 6.95. The lowest BCUT2D eigenvalue weighted by Crippen LogP contribution is -2.18. The van der Waals surface area contributed by atoms with Crippen LogP contribution in [0.25, 0.3) is 10.8 Å². The van der Waals surface area contributed by atoms with Gasteiger partial charge < -0.3 is 5.11 Å². The Hall–Kier alpha value is -2.56. The Labute approximate surface area is 124 Å². The molecule has 0 saturated carbocycles. The maximum Gasteiger partial charge on any atom is 0.148 e. The third-order valence-corrected chi connectivity index (χ3v) is 3.54. The van der Waals surface area contributed by atoms with E-state index < -0.39 is 5.60 Å². The van der Waals surface area contributed by atoms with Gasteiger partial charge in [-0.2, -0.15) is 0 Å². The van der Waals surface area contributed by atoms with Gasteiger partial charge in [0, 0.05) is 5.56 Å². The van der Waals surface area contributed by atoms with Crippen LogP contribution in [0, 0.1) is 11.8 Å². The fourth-order valence-corrected chi connectivity index (χ4v) is 2.28. The van der Waals surface area contributed by atoms with E-state index in [1.54, 1.807) is 6.92 Å². The molecule has 1 N–H and O–H groups in total. The fourth-order valence-electron chi connectivity index (χ4n) is 2.28. The monoisotopic (exact) mass is 272 g/mol. The summed E-state index contributed by atoms with van der Waals surface area (Å²) in [5, 5.41) is 12.9. The van der Waals surface area contributed by atoms with Gasteiger partial charge in [-0.15, -0.1) is 0 Å². The Morgan fingerprint density at radius 1 is 0.810 bits per heavy atom. The van der Waals surface area contributed by atoms with Crippen molar-refractivity contribution in [3.05, 3.63) is 83.9 Å². The molecule has 0 unspecified atom stereocenters. The Kier molecular flexibility index (Phi) is 3.48. The van der Waals surface area contributed by atoms with Gasteiger partial charge in [0.05, 0.1) is 0 Å². The Bertz CT molecular complexity index is 820. The van der Waals surface area contributed by atoms with E-state index >= 15 is 0 Å². The van der Waals surface area contributed by atoms with Crippen molar-refractivity contribution in [1.82, 2.24) is 0 Å². The summed E-state index contributed by atoms with van der Waals surface area (Å²) in [6.45, 7) is 1.73. The molecule has 0 spiro atoms. The van der Waals surface area contributed by atoms with Crippen LogP contribution in [0.3, 0.4) is 0 Å². The first-order chi connectivity index (χ1) is 10.1. The molecule has 0 aromatic heterocycles. The average molecular weight is 272 g/mol. The van der Waals surface area contributed by atoms with Gasteiger partial charge in [0.2, 0.25) is 0 Å². The molecule has 0 aliphatic carbocycles. The van der Waals surface area contributed by atoms with Gasteiger partial charge >= 0.3 is 0 Å². The van der Waals surface area contributed by atoms with E-state index in [1.807, 2.05) is 66.7 Å². The van der Waals surface area contributed by atoms with Crippen LogP contribution in [0.5, 0.6) is 0 Å². The predicted molar refractivity (Wildman–Crippen MR) is 86.8 cm³/mol. The van der Waals surface area contributed by atoms with Crippen molar-refractivity contribution in [2.24, 2.45) is 0 Å². The van der Waals surface area contributed by atoms with E-state index in [4.69, 9.17) is 0 Å². The molecule has 0 fully saturated rings. The minimum atomic E-state index is -1.17. The summed E-state index contributed by atoms with van der Waals surface area (Å²) in [5.74, 6) is 5.99. The van der Waals surface area contributed by atoms with Crippen LogP contribution in [0.1, 0.15) is 18.1 Å². The van der Waals surface area contributed by atoms with Crippen molar-refractivity contribution < 1.29 is 5.11 Å². The summed E-state index contributed by atoms with van der Waals surface area (Å²) >= 11 is 0. The molecule has 3 aromatic carbocycles. The molecule has 21 heavy (non-hydrogen) atoms. The van der Waals surface area contributed by atoms with E-state index in [2.05, 4.69) is 17.9 Å². The average Bonchev–Trinajstić information content (AvgIpc) is 2.53. The number of hydrogen-bond donors (Lipinski definition) is 1. The first-order valence-electron chi connectivity index (χ1n) is 6.95. The molecule has 0 radical (unpaired) electrons. The zero-order valence-corrected chi connectivity index (χ0v) is 11.9. The van der Waals surface area contributed by atoms with Gasteiger partial charge in [-0.1, -0.05) is 66.4 Å². The molecule has 0 amide bonds. The topological polar surface area (TPSA) is 20.2 Å². The first kappa shape index (κ1) is 13.4. The molecule has 0 heterocycles. The van der Waals surface area contributed by atoms with Crippen LogP contribution in [0.15, 0.2) is 72.8 Å². The lowest BCUT2D eigenvalue weighted by molar-refractivity contribution is 0.122. The molecule has 1 nitrogen and oxygen atoms in total. The van der Waals surface area contributed by atoms with Crippen LogP contribution in [-0.2, 0) is 5.60 Å². The lowest BCUT2D eigenvalue weighted by atomic mass is 9.94. The molecule has 1 heteroatoms.